The summed E-state index contributed by atoms with van der Waals surface area (Å²) in [6.07, 6.45) is 1.63. The number of nitrogens with zero attached hydrogens (tertiary/aromatic N) is 1. The van der Waals surface area contributed by atoms with Gasteiger partial charge >= 0.3 is 0 Å². The maximum Gasteiger partial charge on any atom is 0.283 e. The fraction of sp³-hybridized carbons (Fsp3) is 0. The van der Waals surface area contributed by atoms with E-state index in [1.807, 2.05) is 24.3 Å². The van der Waals surface area contributed by atoms with Crippen LogP contribution in [0.3, 0.4) is 0 Å². The molecule has 2 aromatic rings. The lowest BCUT2D eigenvalue weighted by Gasteiger charge is -2.07. The Morgan fingerprint density at radius 2 is 1.72 bits per heavy atom. The molecular formula is C13H11N3OS. The molecule has 1 aromatic carbocycles. The number of rotatable bonds is 2. The summed E-state index contributed by atoms with van der Waals surface area (Å²) in [6, 6.07) is 14.5. The number of aromatic nitrogens is 1. The van der Waals surface area contributed by atoms with Gasteiger partial charge in [0.25, 0.3) is 5.91 Å². The molecular weight excluding hydrogens is 246 g/mol. The van der Waals surface area contributed by atoms with Crippen LogP contribution in [0.25, 0.3) is 0 Å². The van der Waals surface area contributed by atoms with E-state index < -0.39 is 0 Å². The molecule has 0 unspecified atom stereocenters. The van der Waals surface area contributed by atoms with E-state index in [1.54, 1.807) is 30.5 Å². The Labute approximate surface area is 110 Å². The second kappa shape index (κ2) is 5.88. The summed E-state index contributed by atoms with van der Waals surface area (Å²) < 4.78 is 0. The van der Waals surface area contributed by atoms with Crippen LogP contribution >= 0.6 is 12.2 Å². The van der Waals surface area contributed by atoms with Crippen LogP contribution < -0.4 is 10.6 Å². The number of thiocarbonyl (C=S) groups is 1. The lowest BCUT2D eigenvalue weighted by molar-refractivity contribution is -0.110. The van der Waals surface area contributed by atoms with Crippen molar-refractivity contribution in [1.29, 1.82) is 0 Å². The first-order valence-corrected chi connectivity index (χ1v) is 5.75. The highest BCUT2D eigenvalue weighted by atomic mass is 32.1. The molecule has 0 aliphatic heterocycles. The minimum atomic E-state index is -0.359. The molecule has 5 heteroatoms. The zero-order valence-corrected chi connectivity index (χ0v) is 10.3. The van der Waals surface area contributed by atoms with Gasteiger partial charge in [-0.05, 0) is 24.3 Å². The molecule has 0 saturated heterocycles. The van der Waals surface area contributed by atoms with Gasteiger partial charge in [-0.3, -0.25) is 4.79 Å². The van der Waals surface area contributed by atoms with Crippen molar-refractivity contribution in [3.05, 3.63) is 54.7 Å². The van der Waals surface area contributed by atoms with Crippen molar-refractivity contribution < 1.29 is 4.79 Å². The summed E-state index contributed by atoms with van der Waals surface area (Å²) in [6.45, 7) is 0. The van der Waals surface area contributed by atoms with Gasteiger partial charge in [0.05, 0.1) is 0 Å². The Balaban J connectivity index is 1.96. The van der Waals surface area contributed by atoms with Gasteiger partial charge in [0.15, 0.2) is 4.99 Å². The Hall–Kier alpha value is -2.27. The number of pyridine rings is 1. The maximum absolute atomic E-state index is 11.8. The second-order valence-corrected chi connectivity index (χ2v) is 3.90. The highest BCUT2D eigenvalue weighted by molar-refractivity contribution is 7.82. The molecule has 90 valence electrons. The van der Waals surface area contributed by atoms with Gasteiger partial charge in [0, 0.05) is 11.9 Å². The van der Waals surface area contributed by atoms with Gasteiger partial charge in [-0.25, -0.2) is 4.98 Å². The molecule has 0 radical (unpaired) electrons. The van der Waals surface area contributed by atoms with Crippen molar-refractivity contribution in [3.8, 4) is 0 Å². The minimum Gasteiger partial charge on any atom is -0.327 e. The van der Waals surface area contributed by atoms with Crippen molar-refractivity contribution >= 4 is 34.6 Å². The molecule has 0 atom stereocenters. The molecule has 0 fully saturated rings. The van der Waals surface area contributed by atoms with Crippen molar-refractivity contribution in [1.82, 2.24) is 4.98 Å². The predicted molar refractivity (Wildman–Crippen MR) is 75.5 cm³/mol. The summed E-state index contributed by atoms with van der Waals surface area (Å²) >= 11 is 4.99. The number of hydrogen-bond acceptors (Lipinski definition) is 3. The number of amides is 1. The molecule has 1 heterocycles. The van der Waals surface area contributed by atoms with Crippen LogP contribution in [-0.2, 0) is 4.79 Å². The SMILES string of the molecule is O=C(Nc1ccccc1)C(=S)Nc1ccccn1. The van der Waals surface area contributed by atoms with E-state index in [-0.39, 0.29) is 10.9 Å². The van der Waals surface area contributed by atoms with Crippen molar-refractivity contribution in [2.75, 3.05) is 10.6 Å². The van der Waals surface area contributed by atoms with Gasteiger partial charge in [-0.15, -0.1) is 0 Å². The average Bonchev–Trinajstić information content (AvgIpc) is 2.41. The summed E-state index contributed by atoms with van der Waals surface area (Å²) in [5.74, 6) is 0.188. The van der Waals surface area contributed by atoms with Gasteiger partial charge < -0.3 is 10.6 Å². The molecule has 0 saturated carbocycles. The average molecular weight is 257 g/mol. The van der Waals surface area contributed by atoms with Crippen molar-refractivity contribution in [2.24, 2.45) is 0 Å². The first-order valence-electron chi connectivity index (χ1n) is 5.34. The normalized spacial score (nSPS) is 9.56. The largest absolute Gasteiger partial charge is 0.327 e. The monoisotopic (exact) mass is 257 g/mol. The van der Waals surface area contributed by atoms with Crippen molar-refractivity contribution in [2.45, 2.75) is 0 Å². The highest BCUT2D eigenvalue weighted by Crippen LogP contribution is 2.06. The molecule has 18 heavy (non-hydrogen) atoms. The smallest absolute Gasteiger partial charge is 0.283 e. The Kier molecular flexibility index (Phi) is 3.98. The van der Waals surface area contributed by atoms with Crippen molar-refractivity contribution in [3.63, 3.8) is 0 Å². The van der Waals surface area contributed by atoms with E-state index in [4.69, 9.17) is 12.2 Å². The molecule has 0 aliphatic rings. The fourth-order valence-corrected chi connectivity index (χ4v) is 1.47. The van der Waals surface area contributed by atoms with Crippen LogP contribution in [-0.4, -0.2) is 15.9 Å². The fourth-order valence-electron chi connectivity index (χ4n) is 1.32. The zero-order valence-electron chi connectivity index (χ0n) is 9.46. The Morgan fingerprint density at radius 1 is 1.00 bits per heavy atom. The number of hydrogen-bond donors (Lipinski definition) is 2. The standard InChI is InChI=1S/C13H11N3OS/c17-12(15-10-6-2-1-3-7-10)13(18)16-11-8-4-5-9-14-11/h1-9H,(H,15,17)(H,14,16,18). The van der Waals surface area contributed by atoms with E-state index in [1.165, 1.54) is 0 Å². The predicted octanol–water partition coefficient (Wildman–Crippen LogP) is 2.46. The van der Waals surface area contributed by atoms with E-state index >= 15 is 0 Å². The van der Waals surface area contributed by atoms with E-state index in [0.717, 1.165) is 0 Å². The molecule has 0 aliphatic carbocycles. The molecule has 1 amide bonds. The third kappa shape index (κ3) is 3.36. The Morgan fingerprint density at radius 3 is 2.39 bits per heavy atom. The summed E-state index contributed by atoms with van der Waals surface area (Å²) in [4.78, 5) is 15.9. The summed E-state index contributed by atoms with van der Waals surface area (Å²) in [5.41, 5.74) is 0.702. The maximum atomic E-state index is 11.8. The number of nitrogens with one attached hydrogen (secondary N) is 2. The Bertz CT molecular complexity index is 491. The van der Waals surface area contributed by atoms with Gasteiger partial charge in [-0.2, -0.15) is 0 Å². The molecule has 4 nitrogen and oxygen atoms in total. The van der Waals surface area contributed by atoms with Crippen LogP contribution in [0.1, 0.15) is 0 Å². The first kappa shape index (κ1) is 12.2. The highest BCUT2D eigenvalue weighted by Gasteiger charge is 2.09. The van der Waals surface area contributed by atoms with E-state index in [2.05, 4.69) is 15.6 Å². The number of carbonyl (C=O) groups is 1. The minimum absolute atomic E-state index is 0.0811. The first-order chi connectivity index (χ1) is 8.75. The third-order valence-corrected chi connectivity index (χ3v) is 2.43. The molecule has 0 bridgehead atoms. The van der Waals surface area contributed by atoms with Gasteiger partial charge in [-0.1, -0.05) is 36.5 Å². The number of carbonyl (C=O) groups excluding carboxylic acids is 1. The number of anilines is 2. The van der Waals surface area contributed by atoms with Gasteiger partial charge in [0.1, 0.15) is 5.82 Å². The lowest BCUT2D eigenvalue weighted by Crippen LogP contribution is -2.27. The quantitative estimate of drug-likeness (QED) is 0.811. The van der Waals surface area contributed by atoms with E-state index in [0.29, 0.717) is 11.5 Å². The van der Waals surface area contributed by atoms with Crippen LogP contribution in [0.5, 0.6) is 0 Å². The van der Waals surface area contributed by atoms with Gasteiger partial charge in [0.2, 0.25) is 0 Å². The zero-order chi connectivity index (χ0) is 12.8. The lowest BCUT2D eigenvalue weighted by atomic mass is 10.3. The molecule has 2 rings (SSSR count). The number of benzene rings is 1. The molecule has 1 aromatic heterocycles. The van der Waals surface area contributed by atoms with E-state index in [9.17, 15) is 4.79 Å². The topological polar surface area (TPSA) is 54.0 Å². The third-order valence-electron chi connectivity index (χ3n) is 2.14. The summed E-state index contributed by atoms with van der Waals surface area (Å²) in [7, 11) is 0. The summed E-state index contributed by atoms with van der Waals surface area (Å²) in [5, 5.41) is 5.46. The number of para-hydroxylation sites is 1. The van der Waals surface area contributed by atoms with Crippen LogP contribution in [0, 0.1) is 0 Å². The van der Waals surface area contributed by atoms with Crippen LogP contribution in [0.2, 0.25) is 0 Å². The molecule has 2 N–H and O–H groups in total. The second-order valence-electron chi connectivity index (χ2n) is 3.49. The van der Waals surface area contributed by atoms with Crippen LogP contribution in [0.4, 0.5) is 11.5 Å². The van der Waals surface area contributed by atoms with Crippen LogP contribution in [0.15, 0.2) is 54.7 Å². The molecule has 0 spiro atoms.